The molecular formula is C28H24FN3O3. The number of amides is 3. The average molecular weight is 470 g/mol. The molecule has 0 radical (unpaired) electrons. The number of nitrogens with zero attached hydrogens (tertiary/aromatic N) is 2. The van der Waals surface area contributed by atoms with E-state index in [0.29, 0.717) is 12.2 Å². The summed E-state index contributed by atoms with van der Waals surface area (Å²) >= 11 is 0. The van der Waals surface area contributed by atoms with E-state index in [2.05, 4.69) is 17.2 Å². The Kier molecular flexibility index (Phi) is 6.21. The van der Waals surface area contributed by atoms with Gasteiger partial charge >= 0.3 is 6.03 Å². The number of hydrogen-bond donors (Lipinski definition) is 2. The van der Waals surface area contributed by atoms with E-state index < -0.39 is 11.8 Å². The predicted molar refractivity (Wildman–Crippen MR) is 130 cm³/mol. The number of nitrogens with one attached hydrogen (secondary N) is 1. The second-order valence-corrected chi connectivity index (χ2v) is 8.70. The van der Waals surface area contributed by atoms with Gasteiger partial charge in [-0.2, -0.15) is 0 Å². The van der Waals surface area contributed by atoms with Gasteiger partial charge in [-0.15, -0.1) is 0 Å². The van der Waals surface area contributed by atoms with Gasteiger partial charge in [0.2, 0.25) is 5.91 Å². The third kappa shape index (κ3) is 4.61. The van der Waals surface area contributed by atoms with Crippen molar-refractivity contribution in [3.8, 4) is 11.8 Å². The zero-order valence-corrected chi connectivity index (χ0v) is 18.9. The molecular weight excluding hydrogens is 445 g/mol. The van der Waals surface area contributed by atoms with Crippen LogP contribution >= 0.6 is 0 Å². The maximum atomic E-state index is 13.2. The Morgan fingerprint density at radius 3 is 2.29 bits per heavy atom. The van der Waals surface area contributed by atoms with Crippen molar-refractivity contribution in [2.24, 2.45) is 0 Å². The molecule has 2 saturated heterocycles. The normalized spacial score (nSPS) is 20.9. The zero-order chi connectivity index (χ0) is 24.4. The molecule has 3 aromatic carbocycles. The summed E-state index contributed by atoms with van der Waals surface area (Å²) in [7, 11) is 0. The first-order chi connectivity index (χ1) is 17.0. The molecule has 0 unspecified atom stereocenters. The van der Waals surface area contributed by atoms with Crippen LogP contribution in [-0.4, -0.2) is 58.6 Å². The fraction of sp³-hybridized carbons (Fsp3) is 0.214. The smallest absolute Gasteiger partial charge is 0.322 e. The van der Waals surface area contributed by atoms with Crippen LogP contribution in [0.1, 0.15) is 22.6 Å². The fourth-order valence-corrected chi connectivity index (χ4v) is 4.84. The van der Waals surface area contributed by atoms with Crippen molar-refractivity contribution in [3.63, 3.8) is 0 Å². The second-order valence-electron chi connectivity index (χ2n) is 8.70. The van der Waals surface area contributed by atoms with E-state index in [0.717, 1.165) is 16.7 Å². The van der Waals surface area contributed by atoms with E-state index in [1.165, 1.54) is 29.2 Å². The molecule has 3 amide bonds. The average Bonchev–Trinajstić information content (AvgIpc) is 2.86. The topological polar surface area (TPSA) is 72.9 Å². The zero-order valence-electron chi connectivity index (χ0n) is 18.9. The van der Waals surface area contributed by atoms with Crippen molar-refractivity contribution < 1.29 is 19.1 Å². The maximum Gasteiger partial charge on any atom is 0.322 e. The molecule has 2 fully saturated rings. The van der Waals surface area contributed by atoms with Crippen molar-refractivity contribution in [1.82, 2.24) is 9.80 Å². The van der Waals surface area contributed by atoms with Gasteiger partial charge in [-0.25, -0.2) is 9.18 Å². The van der Waals surface area contributed by atoms with Crippen LogP contribution < -0.4 is 5.32 Å². The molecule has 3 atom stereocenters. The quantitative estimate of drug-likeness (QED) is 0.578. The van der Waals surface area contributed by atoms with Crippen LogP contribution in [0, 0.1) is 17.7 Å². The summed E-state index contributed by atoms with van der Waals surface area (Å²) in [6.45, 7) is 0.126. The van der Waals surface area contributed by atoms with Gasteiger partial charge in [-0.1, -0.05) is 42.2 Å². The minimum Gasteiger partial charge on any atom is -0.394 e. The van der Waals surface area contributed by atoms with Crippen molar-refractivity contribution in [1.29, 1.82) is 0 Å². The third-order valence-corrected chi connectivity index (χ3v) is 6.56. The van der Waals surface area contributed by atoms with Gasteiger partial charge in [-0.3, -0.25) is 4.79 Å². The number of benzene rings is 3. The largest absolute Gasteiger partial charge is 0.394 e. The van der Waals surface area contributed by atoms with Gasteiger partial charge in [-0.05, 0) is 54.1 Å². The van der Waals surface area contributed by atoms with Crippen LogP contribution in [0.25, 0.3) is 0 Å². The Morgan fingerprint density at radius 1 is 0.971 bits per heavy atom. The molecule has 0 spiro atoms. The number of carbonyl (C=O) groups is 2. The Labute approximate surface area is 203 Å². The van der Waals surface area contributed by atoms with Crippen LogP contribution in [0.3, 0.4) is 0 Å². The Hall–Kier alpha value is -4.15. The monoisotopic (exact) mass is 469 g/mol. The molecule has 35 heavy (non-hydrogen) atoms. The van der Waals surface area contributed by atoms with Crippen molar-refractivity contribution >= 4 is 17.6 Å². The number of halogens is 1. The predicted octanol–water partition coefficient (Wildman–Crippen LogP) is 3.43. The van der Waals surface area contributed by atoms with Gasteiger partial charge in [0.25, 0.3) is 0 Å². The molecule has 0 aliphatic carbocycles. The lowest BCUT2D eigenvalue weighted by Gasteiger charge is -2.58. The molecule has 0 bridgehead atoms. The Balaban J connectivity index is 1.30. The molecule has 176 valence electrons. The summed E-state index contributed by atoms with van der Waals surface area (Å²) in [6.07, 6.45) is 0. The number of aliphatic hydroxyl groups is 1. The number of aliphatic hydroxyl groups excluding tert-OH is 1. The van der Waals surface area contributed by atoms with E-state index in [-0.39, 0.29) is 37.1 Å². The molecule has 2 N–H and O–H groups in total. The Morgan fingerprint density at radius 2 is 1.63 bits per heavy atom. The van der Waals surface area contributed by atoms with Gasteiger partial charge in [0.1, 0.15) is 12.4 Å². The molecule has 2 aliphatic rings. The third-order valence-electron chi connectivity index (χ3n) is 6.56. The molecule has 7 heteroatoms. The van der Waals surface area contributed by atoms with Crippen molar-refractivity contribution in [2.45, 2.75) is 18.0 Å². The summed E-state index contributed by atoms with van der Waals surface area (Å²) in [5.74, 6) is 5.60. The first-order valence-corrected chi connectivity index (χ1v) is 11.4. The molecule has 3 aromatic rings. The lowest BCUT2D eigenvalue weighted by atomic mass is 9.73. The van der Waals surface area contributed by atoms with Crippen LogP contribution in [-0.2, 0) is 4.79 Å². The minimum atomic E-state index is -0.414. The van der Waals surface area contributed by atoms with Gasteiger partial charge in [0.15, 0.2) is 0 Å². The van der Waals surface area contributed by atoms with Crippen LogP contribution in [0.4, 0.5) is 14.9 Å². The van der Waals surface area contributed by atoms with Crippen LogP contribution in [0.5, 0.6) is 0 Å². The first-order valence-electron chi connectivity index (χ1n) is 11.4. The van der Waals surface area contributed by atoms with Gasteiger partial charge in [0, 0.05) is 29.3 Å². The number of fused-ring (bicyclic) bond motifs is 1. The van der Waals surface area contributed by atoms with Crippen molar-refractivity contribution in [3.05, 3.63) is 101 Å². The summed E-state index contributed by atoms with van der Waals surface area (Å²) in [5.41, 5.74) is 3.25. The molecule has 2 heterocycles. The number of rotatable bonds is 3. The lowest BCUT2D eigenvalue weighted by Crippen LogP contribution is -2.73. The number of piperazine rings is 1. The van der Waals surface area contributed by atoms with Crippen LogP contribution in [0.15, 0.2) is 78.9 Å². The fourth-order valence-electron chi connectivity index (χ4n) is 4.84. The van der Waals surface area contributed by atoms with Crippen molar-refractivity contribution in [2.75, 3.05) is 25.0 Å². The van der Waals surface area contributed by atoms with E-state index in [4.69, 9.17) is 0 Å². The number of hydrogen-bond acceptors (Lipinski definition) is 3. The highest BCUT2D eigenvalue weighted by molar-refractivity contribution is 5.93. The number of urea groups is 1. The van der Waals surface area contributed by atoms with E-state index >= 15 is 0 Å². The van der Waals surface area contributed by atoms with E-state index in [1.54, 1.807) is 4.90 Å². The standard InChI is InChI=1S/C28H24FN3O3/c29-22-12-14-23(15-13-22)30-28(35)31-16-24-27(25(18-33)32(24)26(34)17-31)21-10-8-20(9-11-21)7-6-19-4-2-1-3-5-19/h1-5,8-15,24-25,27,33H,16-18H2,(H,30,35)/t24-,25+,27+/m1/s1. The molecule has 2 aliphatic heterocycles. The summed E-state index contributed by atoms with van der Waals surface area (Å²) < 4.78 is 13.2. The molecule has 6 nitrogen and oxygen atoms in total. The lowest BCUT2D eigenvalue weighted by molar-refractivity contribution is -0.159. The molecule has 0 saturated carbocycles. The van der Waals surface area contributed by atoms with E-state index in [1.807, 2.05) is 54.6 Å². The number of carbonyl (C=O) groups excluding carboxylic acids is 2. The molecule has 0 aromatic heterocycles. The Bertz CT molecular complexity index is 1280. The van der Waals surface area contributed by atoms with Crippen LogP contribution in [0.2, 0.25) is 0 Å². The summed E-state index contributed by atoms with van der Waals surface area (Å²) in [4.78, 5) is 28.8. The van der Waals surface area contributed by atoms with Gasteiger partial charge in [0.05, 0.1) is 18.7 Å². The highest BCUT2D eigenvalue weighted by Crippen LogP contribution is 2.43. The SMILES string of the molecule is O=C(Nc1ccc(F)cc1)N1CC(=O)N2[C@H](C1)[C@H](c1ccc(C#Cc3ccccc3)cc1)[C@@H]2CO. The summed E-state index contributed by atoms with van der Waals surface area (Å²) in [6, 6.07) is 22.1. The number of anilines is 1. The van der Waals surface area contributed by atoms with E-state index in [9.17, 15) is 19.1 Å². The molecule has 5 rings (SSSR count). The first kappa shape index (κ1) is 22.6. The summed E-state index contributed by atoms with van der Waals surface area (Å²) in [5, 5.41) is 12.7. The highest BCUT2D eigenvalue weighted by Gasteiger charge is 2.54. The minimum absolute atomic E-state index is 0.0687. The maximum absolute atomic E-state index is 13.2. The van der Waals surface area contributed by atoms with Gasteiger partial charge < -0.3 is 20.2 Å². The second kappa shape index (κ2) is 9.61. The highest BCUT2D eigenvalue weighted by atomic mass is 19.1.